The highest BCUT2D eigenvalue weighted by Crippen LogP contribution is 2.29. The molecule has 1 N–H and O–H groups in total. The Balaban J connectivity index is 1.44. The maximum absolute atomic E-state index is 12.7. The molecule has 1 amide bonds. The van der Waals surface area contributed by atoms with Crippen molar-refractivity contribution in [3.8, 4) is 40.1 Å². The topological polar surface area (TPSA) is 89.7 Å². The van der Waals surface area contributed by atoms with Crippen molar-refractivity contribution in [3.63, 3.8) is 0 Å². The van der Waals surface area contributed by atoms with Crippen LogP contribution >= 0.6 is 0 Å². The molecular weight excluding hydrogens is 456 g/mol. The molecule has 0 aliphatic heterocycles. The minimum atomic E-state index is -0.186. The van der Waals surface area contributed by atoms with Crippen molar-refractivity contribution in [3.05, 3.63) is 78.4 Å². The van der Waals surface area contributed by atoms with Gasteiger partial charge in [0.2, 0.25) is 5.82 Å². The van der Waals surface area contributed by atoms with Gasteiger partial charge in [-0.1, -0.05) is 37.2 Å². The van der Waals surface area contributed by atoms with Gasteiger partial charge in [-0.25, -0.2) is 0 Å². The number of para-hydroxylation sites is 1. The normalized spacial score (nSPS) is 10.9. The lowest BCUT2D eigenvalue weighted by atomic mass is 10.1. The summed E-state index contributed by atoms with van der Waals surface area (Å²) in [7, 11) is 1.53. The van der Waals surface area contributed by atoms with Gasteiger partial charge in [0.15, 0.2) is 0 Å². The largest absolute Gasteiger partial charge is 0.496 e. The average molecular weight is 487 g/mol. The number of likely N-dealkylation sites (N-methyl/N-ethyl adjacent to an activating group) is 1. The predicted octanol–water partition coefficient (Wildman–Crippen LogP) is 5.28. The van der Waals surface area contributed by atoms with Gasteiger partial charge in [-0.3, -0.25) is 4.79 Å². The van der Waals surface area contributed by atoms with Crippen LogP contribution in [-0.4, -0.2) is 54.2 Å². The van der Waals surface area contributed by atoms with E-state index in [0.717, 1.165) is 30.9 Å². The molecule has 36 heavy (non-hydrogen) atoms. The van der Waals surface area contributed by atoms with Gasteiger partial charge >= 0.3 is 0 Å². The number of carbonyl (C=O) groups is 1. The van der Waals surface area contributed by atoms with Gasteiger partial charge in [0.05, 0.1) is 12.7 Å². The van der Waals surface area contributed by atoms with E-state index in [1.807, 2.05) is 54.6 Å². The highest BCUT2D eigenvalue weighted by atomic mass is 16.5. The average Bonchev–Trinajstić information content (AvgIpc) is 3.42. The van der Waals surface area contributed by atoms with Crippen molar-refractivity contribution >= 4 is 5.91 Å². The molecule has 1 aromatic heterocycles. The van der Waals surface area contributed by atoms with E-state index in [1.54, 1.807) is 18.2 Å². The molecule has 0 unspecified atom stereocenters. The third kappa shape index (κ3) is 6.09. The van der Waals surface area contributed by atoms with E-state index < -0.39 is 0 Å². The number of hydrogen-bond acceptors (Lipinski definition) is 7. The van der Waals surface area contributed by atoms with E-state index in [1.165, 1.54) is 7.11 Å². The molecule has 0 aliphatic rings. The number of carbonyl (C=O) groups excluding carboxylic acids is 1. The summed E-state index contributed by atoms with van der Waals surface area (Å²) in [5.74, 6) is 2.52. The molecule has 0 atom stereocenters. The van der Waals surface area contributed by atoms with Crippen LogP contribution in [0.1, 0.15) is 24.2 Å². The van der Waals surface area contributed by atoms with Gasteiger partial charge in [0.1, 0.15) is 17.2 Å². The van der Waals surface area contributed by atoms with E-state index in [0.29, 0.717) is 40.9 Å². The zero-order valence-corrected chi connectivity index (χ0v) is 20.7. The summed E-state index contributed by atoms with van der Waals surface area (Å²) in [6.45, 7) is 7.46. The third-order valence-corrected chi connectivity index (χ3v) is 5.82. The van der Waals surface area contributed by atoms with Crippen molar-refractivity contribution in [2.24, 2.45) is 0 Å². The summed E-state index contributed by atoms with van der Waals surface area (Å²) in [4.78, 5) is 19.5. The molecule has 8 heteroatoms. The molecule has 0 spiro atoms. The molecule has 3 aromatic carbocycles. The summed E-state index contributed by atoms with van der Waals surface area (Å²) in [6.07, 6.45) is 0. The highest BCUT2D eigenvalue weighted by molar-refractivity contribution is 5.97. The Kier molecular flexibility index (Phi) is 8.31. The summed E-state index contributed by atoms with van der Waals surface area (Å²) in [5.41, 5.74) is 1.91. The number of methoxy groups -OCH3 is 1. The Bertz CT molecular complexity index is 1270. The van der Waals surface area contributed by atoms with Gasteiger partial charge in [0.25, 0.3) is 11.8 Å². The van der Waals surface area contributed by atoms with Crippen LogP contribution in [-0.2, 0) is 0 Å². The first-order chi connectivity index (χ1) is 17.6. The fourth-order valence-corrected chi connectivity index (χ4v) is 3.73. The van der Waals surface area contributed by atoms with Gasteiger partial charge < -0.3 is 24.2 Å². The van der Waals surface area contributed by atoms with Crippen molar-refractivity contribution in [1.29, 1.82) is 0 Å². The Hall–Kier alpha value is -4.17. The summed E-state index contributed by atoms with van der Waals surface area (Å²) < 4.78 is 16.8. The zero-order valence-electron chi connectivity index (χ0n) is 20.7. The molecule has 0 saturated carbocycles. The van der Waals surface area contributed by atoms with E-state index in [4.69, 9.17) is 14.0 Å². The smallest absolute Gasteiger partial charge is 0.258 e. The van der Waals surface area contributed by atoms with Crippen LogP contribution in [0.3, 0.4) is 0 Å². The number of benzene rings is 3. The first-order valence-electron chi connectivity index (χ1n) is 12.0. The van der Waals surface area contributed by atoms with Crippen LogP contribution in [0.25, 0.3) is 22.8 Å². The van der Waals surface area contributed by atoms with Crippen LogP contribution in [0.2, 0.25) is 0 Å². The number of amides is 1. The molecule has 0 saturated heterocycles. The molecule has 0 radical (unpaired) electrons. The van der Waals surface area contributed by atoms with Gasteiger partial charge in [-0.2, -0.15) is 4.98 Å². The molecule has 0 bridgehead atoms. The monoisotopic (exact) mass is 486 g/mol. The SMILES string of the molecule is CCN(CC)CCNC(=O)c1ccc(-c2nc(-c3ccc(Oc4ccccc4)cc3)no2)cc1OC. The lowest BCUT2D eigenvalue weighted by molar-refractivity contribution is 0.0946. The number of rotatable bonds is 11. The first kappa shape index (κ1) is 24.9. The standard InChI is InChI=1S/C28H30N4O4/c1-4-32(5-2)18-17-29-27(33)24-16-13-21(19-25(24)34-3)28-30-26(31-36-28)20-11-14-23(15-12-20)35-22-9-7-6-8-10-22/h6-16,19H,4-5,17-18H2,1-3H3,(H,29,33). The second-order valence-corrected chi connectivity index (χ2v) is 8.06. The van der Waals surface area contributed by atoms with Crippen LogP contribution in [0.4, 0.5) is 0 Å². The quantitative estimate of drug-likeness (QED) is 0.309. The van der Waals surface area contributed by atoms with E-state index >= 15 is 0 Å². The number of ether oxygens (including phenoxy) is 2. The van der Waals surface area contributed by atoms with Crippen LogP contribution < -0.4 is 14.8 Å². The fraction of sp³-hybridized carbons (Fsp3) is 0.250. The van der Waals surface area contributed by atoms with E-state index in [9.17, 15) is 4.79 Å². The van der Waals surface area contributed by atoms with Crippen LogP contribution in [0.5, 0.6) is 17.2 Å². The van der Waals surface area contributed by atoms with E-state index in [-0.39, 0.29) is 5.91 Å². The zero-order chi connectivity index (χ0) is 25.3. The number of aromatic nitrogens is 2. The Morgan fingerprint density at radius 1 is 0.944 bits per heavy atom. The number of nitrogens with one attached hydrogen (secondary N) is 1. The minimum Gasteiger partial charge on any atom is -0.496 e. The maximum Gasteiger partial charge on any atom is 0.258 e. The molecule has 4 aromatic rings. The highest BCUT2D eigenvalue weighted by Gasteiger charge is 2.17. The molecule has 0 aliphatic carbocycles. The Morgan fingerprint density at radius 3 is 2.33 bits per heavy atom. The summed E-state index contributed by atoms with van der Waals surface area (Å²) in [6, 6.07) is 22.3. The molecule has 8 nitrogen and oxygen atoms in total. The third-order valence-electron chi connectivity index (χ3n) is 5.82. The minimum absolute atomic E-state index is 0.186. The van der Waals surface area contributed by atoms with Crippen molar-refractivity contribution in [2.45, 2.75) is 13.8 Å². The van der Waals surface area contributed by atoms with Crippen molar-refractivity contribution in [2.75, 3.05) is 33.3 Å². The van der Waals surface area contributed by atoms with Crippen LogP contribution in [0.15, 0.2) is 77.3 Å². The second-order valence-electron chi connectivity index (χ2n) is 8.06. The molecule has 4 rings (SSSR count). The summed E-state index contributed by atoms with van der Waals surface area (Å²) >= 11 is 0. The summed E-state index contributed by atoms with van der Waals surface area (Å²) in [5, 5.41) is 7.07. The first-order valence-corrected chi connectivity index (χ1v) is 12.0. The predicted molar refractivity (Wildman–Crippen MR) is 138 cm³/mol. The van der Waals surface area contributed by atoms with Gasteiger partial charge in [0, 0.05) is 24.2 Å². The molecular formula is C28H30N4O4. The van der Waals surface area contributed by atoms with Gasteiger partial charge in [-0.15, -0.1) is 0 Å². The lowest BCUT2D eigenvalue weighted by Gasteiger charge is -2.18. The number of hydrogen-bond donors (Lipinski definition) is 1. The van der Waals surface area contributed by atoms with E-state index in [2.05, 4.69) is 34.2 Å². The van der Waals surface area contributed by atoms with Crippen molar-refractivity contribution in [1.82, 2.24) is 20.4 Å². The maximum atomic E-state index is 12.7. The Morgan fingerprint density at radius 2 is 1.64 bits per heavy atom. The fourth-order valence-electron chi connectivity index (χ4n) is 3.73. The second kappa shape index (κ2) is 12.0. The Labute approximate surface area is 210 Å². The molecule has 1 heterocycles. The number of nitrogens with zero attached hydrogens (tertiary/aromatic N) is 3. The van der Waals surface area contributed by atoms with Crippen molar-refractivity contribution < 1.29 is 18.8 Å². The van der Waals surface area contributed by atoms with Crippen LogP contribution in [0, 0.1) is 0 Å². The lowest BCUT2D eigenvalue weighted by Crippen LogP contribution is -2.34. The molecule has 0 fully saturated rings. The molecule has 186 valence electrons. The van der Waals surface area contributed by atoms with Gasteiger partial charge in [-0.05, 0) is 67.7 Å².